The highest BCUT2D eigenvalue weighted by atomic mass is 15.3. The third kappa shape index (κ3) is 3.37. The molecule has 3 heterocycles. The summed E-state index contributed by atoms with van der Waals surface area (Å²) < 4.78 is 1.77. The van der Waals surface area contributed by atoms with Crippen LogP contribution in [0.4, 0.5) is 0 Å². The van der Waals surface area contributed by atoms with Crippen LogP contribution in [0.3, 0.4) is 0 Å². The van der Waals surface area contributed by atoms with Gasteiger partial charge in [0, 0.05) is 37.6 Å². The summed E-state index contributed by atoms with van der Waals surface area (Å²) in [4.78, 5) is 11.0. The van der Waals surface area contributed by atoms with Gasteiger partial charge in [0.25, 0.3) is 5.95 Å². The highest BCUT2D eigenvalue weighted by Gasteiger charge is 2.14. The van der Waals surface area contributed by atoms with Crippen molar-refractivity contribution in [2.75, 3.05) is 13.1 Å². The molecule has 0 radical (unpaired) electrons. The van der Waals surface area contributed by atoms with Crippen molar-refractivity contribution in [1.82, 2.24) is 24.6 Å². The number of hydrogen-bond donors (Lipinski definition) is 0. The molecule has 1 aliphatic rings. The Bertz CT molecular complexity index is 882. The van der Waals surface area contributed by atoms with Gasteiger partial charge in [0.2, 0.25) is 0 Å². The first-order valence-electron chi connectivity index (χ1n) is 8.59. The molecule has 5 heteroatoms. The van der Waals surface area contributed by atoms with Crippen molar-refractivity contribution in [2.45, 2.75) is 19.9 Å². The van der Waals surface area contributed by atoms with Crippen LogP contribution in [0, 0.1) is 6.92 Å². The van der Waals surface area contributed by atoms with Crippen LogP contribution in [0.2, 0.25) is 0 Å². The third-order valence-electron chi connectivity index (χ3n) is 4.66. The van der Waals surface area contributed by atoms with Crippen molar-refractivity contribution < 1.29 is 0 Å². The molecular formula is C20H21N5. The predicted octanol–water partition coefficient (Wildman–Crippen LogP) is 3.04. The fourth-order valence-electron chi connectivity index (χ4n) is 3.23. The molecule has 0 unspecified atom stereocenters. The van der Waals surface area contributed by atoms with Gasteiger partial charge in [-0.15, -0.1) is 0 Å². The molecule has 0 fully saturated rings. The van der Waals surface area contributed by atoms with Gasteiger partial charge in [-0.05, 0) is 30.5 Å². The minimum absolute atomic E-state index is 0.604. The Morgan fingerprint density at radius 2 is 1.88 bits per heavy atom. The van der Waals surface area contributed by atoms with Gasteiger partial charge in [-0.2, -0.15) is 5.10 Å². The largest absolute Gasteiger partial charge is 0.295 e. The molecule has 1 aliphatic heterocycles. The Balaban J connectivity index is 1.43. The number of fused-ring (bicyclic) bond motifs is 1. The fourth-order valence-corrected chi connectivity index (χ4v) is 3.23. The van der Waals surface area contributed by atoms with Gasteiger partial charge in [0.1, 0.15) is 0 Å². The van der Waals surface area contributed by atoms with Crippen molar-refractivity contribution in [2.24, 2.45) is 0 Å². The molecule has 0 atom stereocenters. The quantitative estimate of drug-likeness (QED) is 0.737. The molecule has 0 spiro atoms. The molecule has 3 aromatic rings. The van der Waals surface area contributed by atoms with Crippen LogP contribution < -0.4 is 0 Å². The molecule has 0 amide bonds. The van der Waals surface area contributed by atoms with E-state index in [0.717, 1.165) is 37.3 Å². The Morgan fingerprint density at radius 3 is 2.72 bits per heavy atom. The Kier molecular flexibility index (Phi) is 4.39. The molecule has 0 aliphatic carbocycles. The Hall–Kier alpha value is -2.79. The van der Waals surface area contributed by atoms with Gasteiger partial charge < -0.3 is 0 Å². The average molecular weight is 331 g/mol. The van der Waals surface area contributed by atoms with Crippen LogP contribution in [-0.2, 0) is 13.0 Å². The number of rotatable bonds is 4. The minimum atomic E-state index is 0.604. The number of nitrogens with zero attached hydrogens (tertiary/aromatic N) is 5. The molecule has 0 saturated heterocycles. The molecule has 0 saturated carbocycles. The molecule has 1 aromatic carbocycles. The maximum absolute atomic E-state index is 4.41. The Morgan fingerprint density at radius 1 is 1.08 bits per heavy atom. The monoisotopic (exact) mass is 331 g/mol. The van der Waals surface area contributed by atoms with Crippen LogP contribution in [0.15, 0.2) is 55.0 Å². The van der Waals surface area contributed by atoms with E-state index in [9.17, 15) is 0 Å². The second-order valence-corrected chi connectivity index (χ2v) is 6.30. The van der Waals surface area contributed by atoms with Crippen molar-refractivity contribution >= 4 is 6.08 Å². The number of aromatic nitrogens is 4. The molecule has 2 aromatic heterocycles. The zero-order valence-electron chi connectivity index (χ0n) is 14.3. The van der Waals surface area contributed by atoms with Gasteiger partial charge in [-0.25, -0.2) is 14.6 Å². The minimum Gasteiger partial charge on any atom is -0.295 e. The summed E-state index contributed by atoms with van der Waals surface area (Å²) in [6.07, 6.45) is 10.8. The smallest absolute Gasteiger partial charge is 0.250 e. The first-order chi connectivity index (χ1) is 12.3. The molecule has 4 rings (SSSR count). The molecule has 126 valence electrons. The maximum Gasteiger partial charge on any atom is 0.250 e. The number of benzene rings is 1. The van der Waals surface area contributed by atoms with Crippen LogP contribution in [-0.4, -0.2) is 37.7 Å². The first kappa shape index (κ1) is 15.7. The van der Waals surface area contributed by atoms with Crippen LogP contribution in [0.1, 0.15) is 22.4 Å². The van der Waals surface area contributed by atoms with E-state index in [4.69, 9.17) is 0 Å². The van der Waals surface area contributed by atoms with Gasteiger partial charge in [-0.3, -0.25) is 4.90 Å². The van der Waals surface area contributed by atoms with E-state index in [1.807, 2.05) is 13.1 Å². The van der Waals surface area contributed by atoms with Gasteiger partial charge >= 0.3 is 0 Å². The van der Waals surface area contributed by atoms with Gasteiger partial charge in [0.05, 0.1) is 11.9 Å². The van der Waals surface area contributed by atoms with Crippen molar-refractivity contribution in [3.05, 3.63) is 77.4 Å². The predicted molar refractivity (Wildman–Crippen MR) is 98.3 cm³/mol. The summed E-state index contributed by atoms with van der Waals surface area (Å²) in [5.41, 5.74) is 5.09. The summed E-state index contributed by atoms with van der Waals surface area (Å²) in [5, 5.41) is 4.41. The standard InChI is InChI=1S/C20H21N5/c1-16-18(14-23-25(16)20-21-10-5-11-22-20)8-4-12-24-13-9-17-6-2-3-7-19(17)15-24/h2-8,10-11,14H,9,12-13,15H2,1H3/b8-4+. The van der Waals surface area contributed by atoms with Crippen LogP contribution >= 0.6 is 0 Å². The van der Waals surface area contributed by atoms with E-state index in [2.05, 4.69) is 56.4 Å². The topological polar surface area (TPSA) is 46.8 Å². The highest BCUT2D eigenvalue weighted by Crippen LogP contribution is 2.18. The van der Waals surface area contributed by atoms with E-state index < -0.39 is 0 Å². The molecule has 25 heavy (non-hydrogen) atoms. The molecular weight excluding hydrogens is 310 g/mol. The lowest BCUT2D eigenvalue weighted by Gasteiger charge is -2.27. The zero-order valence-corrected chi connectivity index (χ0v) is 14.3. The third-order valence-corrected chi connectivity index (χ3v) is 4.66. The highest BCUT2D eigenvalue weighted by molar-refractivity contribution is 5.51. The van der Waals surface area contributed by atoms with E-state index in [-0.39, 0.29) is 0 Å². The second kappa shape index (κ2) is 6.99. The summed E-state index contributed by atoms with van der Waals surface area (Å²) in [5.74, 6) is 0.604. The van der Waals surface area contributed by atoms with Crippen molar-refractivity contribution in [1.29, 1.82) is 0 Å². The van der Waals surface area contributed by atoms with Crippen molar-refractivity contribution in [3.8, 4) is 5.95 Å². The lowest BCUT2D eigenvalue weighted by atomic mass is 10.00. The second-order valence-electron chi connectivity index (χ2n) is 6.30. The van der Waals surface area contributed by atoms with E-state index >= 15 is 0 Å². The fraction of sp³-hybridized carbons (Fsp3) is 0.250. The Labute approximate surface area is 147 Å². The van der Waals surface area contributed by atoms with Crippen molar-refractivity contribution in [3.63, 3.8) is 0 Å². The zero-order chi connectivity index (χ0) is 17.1. The van der Waals surface area contributed by atoms with Crippen LogP contribution in [0.5, 0.6) is 0 Å². The summed E-state index contributed by atoms with van der Waals surface area (Å²) >= 11 is 0. The molecule has 5 nitrogen and oxygen atoms in total. The average Bonchev–Trinajstić information content (AvgIpc) is 3.03. The lowest BCUT2D eigenvalue weighted by Crippen LogP contribution is -2.30. The maximum atomic E-state index is 4.41. The normalized spacial score (nSPS) is 14.8. The summed E-state index contributed by atoms with van der Waals surface area (Å²) in [6.45, 7) is 5.12. The van der Waals surface area contributed by atoms with E-state index in [0.29, 0.717) is 5.95 Å². The molecule has 0 bridgehead atoms. The molecule has 0 N–H and O–H groups in total. The summed E-state index contributed by atoms with van der Waals surface area (Å²) in [7, 11) is 0. The number of hydrogen-bond acceptors (Lipinski definition) is 4. The van der Waals surface area contributed by atoms with Gasteiger partial charge in [-0.1, -0.05) is 36.4 Å². The van der Waals surface area contributed by atoms with E-state index in [1.165, 1.54) is 11.1 Å². The lowest BCUT2D eigenvalue weighted by molar-refractivity contribution is 0.282. The summed E-state index contributed by atoms with van der Waals surface area (Å²) in [6, 6.07) is 10.5. The van der Waals surface area contributed by atoms with Crippen LogP contribution in [0.25, 0.3) is 12.0 Å². The first-order valence-corrected chi connectivity index (χ1v) is 8.59. The SMILES string of the molecule is Cc1c(/C=C/CN2CCc3ccccc3C2)cnn1-c1ncccn1. The van der Waals surface area contributed by atoms with E-state index in [1.54, 1.807) is 23.1 Å². The van der Waals surface area contributed by atoms with Gasteiger partial charge in [0.15, 0.2) is 0 Å².